The second-order valence-electron chi connectivity index (χ2n) is 4.94. The molecule has 1 heteroatoms. The van der Waals surface area contributed by atoms with Crippen LogP contribution in [0.4, 0.5) is 5.69 Å². The van der Waals surface area contributed by atoms with Gasteiger partial charge in [-0.15, -0.1) is 0 Å². The highest BCUT2D eigenvalue weighted by atomic mass is 14.5. The van der Waals surface area contributed by atoms with E-state index in [-0.39, 0.29) is 0 Å². The van der Waals surface area contributed by atoms with Crippen molar-refractivity contribution in [3.63, 3.8) is 0 Å². The van der Waals surface area contributed by atoms with Crippen LogP contribution in [0.5, 0.6) is 0 Å². The van der Waals surface area contributed by atoms with E-state index in [0.717, 1.165) is 12.1 Å². The lowest BCUT2D eigenvalue weighted by Crippen LogP contribution is -1.90. The van der Waals surface area contributed by atoms with Gasteiger partial charge < -0.3 is 5.73 Å². The lowest BCUT2D eigenvalue weighted by molar-refractivity contribution is 1.24. The quantitative estimate of drug-likeness (QED) is 0.593. The van der Waals surface area contributed by atoms with E-state index < -0.39 is 0 Å². The molecule has 0 spiro atoms. The molecule has 2 aromatic rings. The van der Waals surface area contributed by atoms with Gasteiger partial charge in [-0.1, -0.05) is 49.9 Å². The van der Waals surface area contributed by atoms with Crippen molar-refractivity contribution in [1.82, 2.24) is 0 Å². The number of anilines is 1. The summed E-state index contributed by atoms with van der Waals surface area (Å²) in [6.45, 7) is 8.05. The van der Waals surface area contributed by atoms with Crippen LogP contribution in [0.15, 0.2) is 61.2 Å². The number of nitrogens with two attached hydrogens (primary N) is 1. The fraction of sp³-hybridized carbons (Fsp3) is 0.158. The molecule has 0 fully saturated rings. The van der Waals surface area contributed by atoms with Crippen molar-refractivity contribution in [2.45, 2.75) is 20.3 Å². The second-order valence-corrected chi connectivity index (χ2v) is 4.94. The van der Waals surface area contributed by atoms with Crippen LogP contribution in [0.3, 0.4) is 0 Å². The zero-order chi connectivity index (χ0) is 14.5. The summed E-state index contributed by atoms with van der Waals surface area (Å²) in [5.74, 6) is 0. The maximum atomic E-state index is 5.82. The topological polar surface area (TPSA) is 26.0 Å². The molecule has 0 aromatic heterocycles. The van der Waals surface area contributed by atoms with Crippen LogP contribution < -0.4 is 5.73 Å². The van der Waals surface area contributed by atoms with Gasteiger partial charge in [0.2, 0.25) is 0 Å². The van der Waals surface area contributed by atoms with Gasteiger partial charge in [0.1, 0.15) is 0 Å². The lowest BCUT2D eigenvalue weighted by Gasteiger charge is -2.10. The molecule has 0 saturated heterocycles. The van der Waals surface area contributed by atoms with E-state index in [1.807, 2.05) is 18.2 Å². The second kappa shape index (κ2) is 6.25. The van der Waals surface area contributed by atoms with E-state index >= 15 is 0 Å². The average molecular weight is 263 g/mol. The Morgan fingerprint density at radius 3 is 2.65 bits per heavy atom. The zero-order valence-corrected chi connectivity index (χ0v) is 12.2. The molecule has 0 aliphatic carbocycles. The molecule has 2 rings (SSSR count). The minimum atomic E-state index is 0.809. The van der Waals surface area contributed by atoms with Crippen molar-refractivity contribution in [2.24, 2.45) is 0 Å². The van der Waals surface area contributed by atoms with Crippen LogP contribution in [0, 0.1) is 6.92 Å². The fourth-order valence-electron chi connectivity index (χ4n) is 2.46. The van der Waals surface area contributed by atoms with Gasteiger partial charge in [-0.3, -0.25) is 0 Å². The Hall–Kier alpha value is -2.28. The summed E-state index contributed by atoms with van der Waals surface area (Å²) in [6, 6.07) is 14.7. The van der Waals surface area contributed by atoms with Gasteiger partial charge in [0.15, 0.2) is 0 Å². The molecule has 0 saturated carbocycles. The van der Waals surface area contributed by atoms with Crippen LogP contribution in [-0.4, -0.2) is 0 Å². The van der Waals surface area contributed by atoms with Crippen molar-refractivity contribution in [2.75, 3.05) is 5.73 Å². The van der Waals surface area contributed by atoms with E-state index in [1.165, 1.54) is 27.8 Å². The van der Waals surface area contributed by atoms with Gasteiger partial charge in [-0.25, -0.2) is 0 Å². The third-order valence-electron chi connectivity index (χ3n) is 3.49. The van der Waals surface area contributed by atoms with E-state index in [2.05, 4.69) is 56.8 Å². The number of hydrogen-bond acceptors (Lipinski definition) is 1. The number of nitrogen functional groups attached to an aromatic ring is 1. The summed E-state index contributed by atoms with van der Waals surface area (Å²) in [6.07, 6.45) is 4.92. The predicted molar refractivity (Wildman–Crippen MR) is 89.5 cm³/mol. The lowest BCUT2D eigenvalue weighted by atomic mass is 9.95. The van der Waals surface area contributed by atoms with E-state index in [0.29, 0.717) is 0 Å². The molecule has 0 amide bonds. The first-order valence-electron chi connectivity index (χ1n) is 6.94. The van der Waals surface area contributed by atoms with Crippen molar-refractivity contribution >= 4 is 11.3 Å². The minimum Gasteiger partial charge on any atom is -0.399 e. The summed E-state index contributed by atoms with van der Waals surface area (Å²) >= 11 is 0. The number of aryl methyl sites for hydroxylation is 1. The first-order valence-corrected chi connectivity index (χ1v) is 6.94. The van der Waals surface area contributed by atoms with E-state index in [9.17, 15) is 0 Å². The Bertz CT molecular complexity index is 651. The monoisotopic (exact) mass is 263 g/mol. The molecule has 0 aliphatic heterocycles. The molecule has 0 bridgehead atoms. The van der Waals surface area contributed by atoms with Crippen molar-refractivity contribution in [3.05, 3.63) is 72.3 Å². The molecule has 0 aliphatic rings. The van der Waals surface area contributed by atoms with Gasteiger partial charge >= 0.3 is 0 Å². The summed E-state index contributed by atoms with van der Waals surface area (Å²) < 4.78 is 0. The first-order chi connectivity index (χ1) is 9.65. The number of allylic oxidation sites excluding steroid dienone is 3. The van der Waals surface area contributed by atoms with Gasteiger partial charge in [-0.05, 0) is 59.4 Å². The molecule has 0 heterocycles. The molecular formula is C19H21N. The highest BCUT2D eigenvalue weighted by molar-refractivity contribution is 5.75. The molecule has 0 radical (unpaired) electrons. The molecule has 1 nitrogen and oxygen atoms in total. The van der Waals surface area contributed by atoms with Crippen molar-refractivity contribution in [3.8, 4) is 11.1 Å². The first kappa shape index (κ1) is 14.1. The number of hydrogen-bond donors (Lipinski definition) is 1. The third kappa shape index (κ3) is 3.00. The van der Waals surface area contributed by atoms with Gasteiger partial charge in [0.05, 0.1) is 0 Å². The molecule has 0 unspecified atom stereocenters. The van der Waals surface area contributed by atoms with Gasteiger partial charge in [0.25, 0.3) is 0 Å². The van der Waals surface area contributed by atoms with Gasteiger partial charge in [0, 0.05) is 5.69 Å². The van der Waals surface area contributed by atoms with Crippen molar-refractivity contribution in [1.29, 1.82) is 0 Å². The van der Waals surface area contributed by atoms with E-state index in [1.54, 1.807) is 0 Å². The van der Waals surface area contributed by atoms with Crippen LogP contribution in [-0.2, 0) is 0 Å². The molecule has 2 N–H and O–H groups in total. The Balaban J connectivity index is 2.49. The molecule has 102 valence electrons. The highest BCUT2D eigenvalue weighted by Gasteiger charge is 2.05. The Labute approximate surface area is 121 Å². The van der Waals surface area contributed by atoms with E-state index in [4.69, 9.17) is 5.73 Å². The number of rotatable bonds is 4. The Kier molecular flexibility index (Phi) is 4.41. The van der Waals surface area contributed by atoms with Crippen LogP contribution in [0.25, 0.3) is 16.7 Å². The molecule has 20 heavy (non-hydrogen) atoms. The summed E-state index contributed by atoms with van der Waals surface area (Å²) in [5, 5.41) is 0. The standard InChI is InChI=1S/C19H21N/c1-4-7-15(5-2)16-8-6-9-17(13-16)19-11-10-18(20)12-14(19)3/h4,6-13H,1,5,20H2,2-3H3/b15-7+. The van der Waals surface area contributed by atoms with Crippen molar-refractivity contribution < 1.29 is 0 Å². The largest absolute Gasteiger partial charge is 0.399 e. The summed E-state index contributed by atoms with van der Waals surface area (Å²) in [4.78, 5) is 0. The number of benzene rings is 2. The summed E-state index contributed by atoms with van der Waals surface area (Å²) in [7, 11) is 0. The highest BCUT2D eigenvalue weighted by Crippen LogP contribution is 2.28. The minimum absolute atomic E-state index is 0.809. The average Bonchev–Trinajstić information content (AvgIpc) is 2.45. The normalized spacial score (nSPS) is 11.4. The Morgan fingerprint density at radius 2 is 2.00 bits per heavy atom. The maximum absolute atomic E-state index is 5.82. The van der Waals surface area contributed by atoms with Crippen LogP contribution in [0.2, 0.25) is 0 Å². The summed E-state index contributed by atoms with van der Waals surface area (Å²) in [5.41, 5.74) is 12.8. The predicted octanol–water partition coefficient (Wildman–Crippen LogP) is 5.22. The molecular weight excluding hydrogens is 242 g/mol. The smallest absolute Gasteiger partial charge is 0.0317 e. The SMILES string of the molecule is C=C/C=C(\CC)c1cccc(-c2ccc(N)cc2C)c1. The molecule has 0 atom stereocenters. The zero-order valence-electron chi connectivity index (χ0n) is 12.2. The van der Waals surface area contributed by atoms with Crippen LogP contribution >= 0.6 is 0 Å². The fourth-order valence-corrected chi connectivity index (χ4v) is 2.46. The Morgan fingerprint density at radius 1 is 1.20 bits per heavy atom. The van der Waals surface area contributed by atoms with Crippen LogP contribution in [0.1, 0.15) is 24.5 Å². The van der Waals surface area contributed by atoms with Gasteiger partial charge in [-0.2, -0.15) is 0 Å². The third-order valence-corrected chi connectivity index (χ3v) is 3.49. The maximum Gasteiger partial charge on any atom is 0.0317 e. The molecule has 2 aromatic carbocycles.